The lowest BCUT2D eigenvalue weighted by Crippen LogP contribution is -2.27. The van der Waals surface area contributed by atoms with Gasteiger partial charge in [0.05, 0.1) is 5.41 Å². The van der Waals surface area contributed by atoms with Crippen molar-refractivity contribution in [1.82, 2.24) is 0 Å². The molecule has 4 aliphatic carbocycles. The third kappa shape index (κ3) is 4.79. The maximum Gasteiger partial charge on any atom is 0.0731 e. The molecule has 9 aromatic rings. The molecule has 1 heteroatoms. The number of fused-ring (bicyclic) bond motifs is 16. The summed E-state index contributed by atoms with van der Waals surface area (Å²) in [5.74, 6) is 0. The maximum absolute atomic E-state index is 2.49. The number of hydrogen-bond donors (Lipinski definition) is 0. The van der Waals surface area contributed by atoms with Crippen molar-refractivity contribution in [2.24, 2.45) is 0 Å². The van der Waals surface area contributed by atoms with Crippen molar-refractivity contribution in [1.29, 1.82) is 0 Å². The van der Waals surface area contributed by atoms with Crippen molar-refractivity contribution in [2.45, 2.75) is 57.8 Å². The van der Waals surface area contributed by atoms with E-state index in [-0.39, 0.29) is 10.8 Å². The smallest absolute Gasteiger partial charge is 0.0731 e. The number of hydrogen-bond acceptors (Lipinski definition) is 1. The van der Waals surface area contributed by atoms with E-state index >= 15 is 0 Å². The van der Waals surface area contributed by atoms with E-state index in [2.05, 4.69) is 234 Å². The van der Waals surface area contributed by atoms with Gasteiger partial charge in [-0.25, -0.2) is 0 Å². The van der Waals surface area contributed by atoms with Gasteiger partial charge in [0.1, 0.15) is 0 Å². The number of nitrogens with zero attached hydrogens (tertiary/aromatic N) is 1. The minimum atomic E-state index is -0.431. The Morgan fingerprint density at radius 1 is 0.297 bits per heavy atom. The molecule has 0 fully saturated rings. The molecular formula is C63H49N. The highest BCUT2D eigenvalue weighted by atomic mass is 15.1. The van der Waals surface area contributed by atoms with Gasteiger partial charge in [-0.2, -0.15) is 0 Å². The number of anilines is 3. The first kappa shape index (κ1) is 37.3. The fourth-order valence-corrected chi connectivity index (χ4v) is 12.6. The molecule has 0 radical (unpaired) electrons. The average molecular weight is 820 g/mol. The van der Waals surface area contributed by atoms with Crippen LogP contribution >= 0.6 is 0 Å². The highest BCUT2D eigenvalue weighted by molar-refractivity contribution is 5.99. The van der Waals surface area contributed by atoms with Crippen LogP contribution < -0.4 is 4.90 Å². The molecule has 0 saturated carbocycles. The lowest BCUT2D eigenvalue weighted by atomic mass is 9.68. The van der Waals surface area contributed by atoms with E-state index in [9.17, 15) is 0 Å². The van der Waals surface area contributed by atoms with Crippen molar-refractivity contribution < 1.29 is 0 Å². The van der Waals surface area contributed by atoms with Crippen LogP contribution in [-0.2, 0) is 16.2 Å². The Morgan fingerprint density at radius 3 is 1.22 bits per heavy atom. The second kappa shape index (κ2) is 12.9. The Morgan fingerprint density at radius 2 is 0.688 bits per heavy atom. The molecular weight excluding hydrogens is 771 g/mol. The molecule has 1 spiro atoms. The molecule has 0 aliphatic heterocycles. The molecule has 1 nitrogen and oxygen atoms in total. The van der Waals surface area contributed by atoms with Gasteiger partial charge in [-0.05, 0) is 150 Å². The summed E-state index contributed by atoms with van der Waals surface area (Å²) in [7, 11) is 0. The van der Waals surface area contributed by atoms with E-state index in [0.717, 1.165) is 5.69 Å². The van der Waals surface area contributed by atoms with E-state index in [1.54, 1.807) is 0 Å². The van der Waals surface area contributed by atoms with Crippen LogP contribution in [0.4, 0.5) is 17.1 Å². The first-order chi connectivity index (χ1) is 31.1. The summed E-state index contributed by atoms with van der Waals surface area (Å²) in [6.07, 6.45) is 0. The average Bonchev–Trinajstić information content (AvgIpc) is 3.94. The third-order valence-electron chi connectivity index (χ3n) is 15.6. The first-order valence-corrected chi connectivity index (χ1v) is 22.9. The van der Waals surface area contributed by atoms with Crippen LogP contribution in [0.2, 0.25) is 0 Å². The lowest BCUT2D eigenvalue weighted by molar-refractivity contribution is 0.660. The lowest BCUT2D eigenvalue weighted by Gasteiger charge is -2.33. The minimum absolute atomic E-state index is 0.116. The van der Waals surface area contributed by atoms with Crippen molar-refractivity contribution >= 4 is 17.1 Å². The van der Waals surface area contributed by atoms with Gasteiger partial charge in [0.15, 0.2) is 0 Å². The molecule has 0 unspecified atom stereocenters. The van der Waals surface area contributed by atoms with Gasteiger partial charge in [-0.1, -0.05) is 190 Å². The molecule has 0 N–H and O–H groups in total. The molecule has 0 bridgehead atoms. The van der Waals surface area contributed by atoms with Crippen molar-refractivity contribution in [3.8, 4) is 55.6 Å². The summed E-state index contributed by atoms with van der Waals surface area (Å²) < 4.78 is 0. The summed E-state index contributed by atoms with van der Waals surface area (Å²) >= 11 is 0. The standard InChI is InChI=1S/C63H49N/c1-38-22-30-50-51-31-23-39(2)35-59(51)63(58(50)34-38)55-21-12-9-16-47(55)52-18-13-17-44(60(52)63)40-24-26-41(27-25-40)64(42-28-32-48-45-14-7-10-19-53(45)61(3,4)56(48)36-42)43-29-33-49-46-15-8-11-20-54(46)62(5,6)57(49)37-43/h7-37H,1-6H3. The van der Waals surface area contributed by atoms with Crippen LogP contribution in [0.25, 0.3) is 55.6 Å². The molecule has 0 amide bonds. The van der Waals surface area contributed by atoms with E-state index in [0.29, 0.717) is 0 Å². The zero-order valence-electron chi connectivity index (χ0n) is 37.3. The monoisotopic (exact) mass is 819 g/mol. The van der Waals surface area contributed by atoms with E-state index in [1.807, 2.05) is 0 Å². The van der Waals surface area contributed by atoms with Crippen LogP contribution in [0.5, 0.6) is 0 Å². The predicted octanol–water partition coefficient (Wildman–Crippen LogP) is 16.4. The van der Waals surface area contributed by atoms with Crippen molar-refractivity contribution in [2.75, 3.05) is 4.90 Å². The Hall–Kier alpha value is -7.22. The second-order valence-corrected chi connectivity index (χ2v) is 19.8. The molecule has 9 aromatic carbocycles. The van der Waals surface area contributed by atoms with Gasteiger partial charge in [0.25, 0.3) is 0 Å². The minimum Gasteiger partial charge on any atom is -0.310 e. The molecule has 0 atom stereocenters. The summed E-state index contributed by atoms with van der Waals surface area (Å²) in [6.45, 7) is 14.0. The normalized spacial score (nSPS) is 15.4. The van der Waals surface area contributed by atoms with Crippen LogP contribution in [-0.4, -0.2) is 0 Å². The maximum atomic E-state index is 2.49. The van der Waals surface area contributed by atoms with Gasteiger partial charge >= 0.3 is 0 Å². The van der Waals surface area contributed by atoms with E-state index in [1.165, 1.54) is 123 Å². The fraction of sp³-hybridized carbons (Fsp3) is 0.143. The van der Waals surface area contributed by atoms with Crippen LogP contribution in [0.3, 0.4) is 0 Å². The van der Waals surface area contributed by atoms with Crippen LogP contribution in [0.15, 0.2) is 188 Å². The van der Waals surface area contributed by atoms with Crippen molar-refractivity contribution in [3.63, 3.8) is 0 Å². The molecule has 0 aromatic heterocycles. The second-order valence-electron chi connectivity index (χ2n) is 19.8. The van der Waals surface area contributed by atoms with E-state index < -0.39 is 5.41 Å². The van der Waals surface area contributed by atoms with Crippen LogP contribution in [0, 0.1) is 13.8 Å². The van der Waals surface area contributed by atoms with Gasteiger partial charge < -0.3 is 4.90 Å². The molecule has 64 heavy (non-hydrogen) atoms. The summed E-state index contributed by atoms with van der Waals surface area (Å²) in [5.41, 5.74) is 29.6. The number of benzene rings is 9. The Labute approximate surface area is 377 Å². The largest absolute Gasteiger partial charge is 0.310 e. The van der Waals surface area contributed by atoms with E-state index in [4.69, 9.17) is 0 Å². The summed E-state index contributed by atoms with van der Waals surface area (Å²) in [5, 5.41) is 0. The highest BCUT2D eigenvalue weighted by Gasteiger charge is 2.53. The first-order valence-electron chi connectivity index (χ1n) is 22.9. The predicted molar refractivity (Wildman–Crippen MR) is 267 cm³/mol. The Bertz CT molecular complexity index is 3310. The van der Waals surface area contributed by atoms with Gasteiger partial charge in [-0.15, -0.1) is 0 Å². The summed E-state index contributed by atoms with van der Waals surface area (Å²) in [4.78, 5) is 2.49. The molecule has 4 aliphatic rings. The van der Waals surface area contributed by atoms with Crippen LogP contribution in [0.1, 0.15) is 83.3 Å². The topological polar surface area (TPSA) is 3.24 Å². The SMILES string of the molecule is Cc1ccc2c(c1)C1(c3cc(C)ccc3-2)c2ccccc2-c2cccc(-c3ccc(N(c4ccc5c(c4)C(C)(C)c4ccccc4-5)c4ccc5c(c4)C(C)(C)c4ccccc4-5)cc3)c21. The molecule has 13 rings (SSSR count). The molecule has 306 valence electrons. The van der Waals surface area contributed by atoms with Gasteiger partial charge in [0, 0.05) is 27.9 Å². The van der Waals surface area contributed by atoms with Gasteiger partial charge in [0.2, 0.25) is 0 Å². The molecule has 0 heterocycles. The zero-order valence-corrected chi connectivity index (χ0v) is 37.3. The highest BCUT2D eigenvalue weighted by Crippen LogP contribution is 2.65. The Balaban J connectivity index is 1.00. The quantitative estimate of drug-likeness (QED) is 0.171. The molecule has 0 saturated heterocycles. The van der Waals surface area contributed by atoms with Crippen molar-refractivity contribution in [3.05, 3.63) is 244 Å². The summed E-state index contributed by atoms with van der Waals surface area (Å²) in [6, 6.07) is 72.0. The van der Waals surface area contributed by atoms with Gasteiger partial charge in [-0.3, -0.25) is 0 Å². The number of rotatable bonds is 4. The third-order valence-corrected chi connectivity index (χ3v) is 15.6. The fourth-order valence-electron chi connectivity index (χ4n) is 12.6. The Kier molecular flexibility index (Phi) is 7.54. The zero-order chi connectivity index (χ0) is 43.3. The number of aryl methyl sites for hydroxylation is 2.